The van der Waals surface area contributed by atoms with E-state index < -0.39 is 24.3 Å². The fourth-order valence-corrected chi connectivity index (χ4v) is 2.19. The van der Waals surface area contributed by atoms with Crippen LogP contribution >= 0.6 is 0 Å². The molecule has 1 heterocycles. The van der Waals surface area contributed by atoms with Gasteiger partial charge in [0.1, 0.15) is 5.75 Å². The Morgan fingerprint density at radius 2 is 1.81 bits per heavy atom. The Labute approximate surface area is 125 Å². The van der Waals surface area contributed by atoms with Crippen molar-refractivity contribution in [3.05, 3.63) is 23.8 Å². The van der Waals surface area contributed by atoms with Crippen molar-refractivity contribution in [3.8, 4) is 5.75 Å². The fraction of sp³-hybridized carbons (Fsp3) is 0.533. The van der Waals surface area contributed by atoms with Gasteiger partial charge in [0.2, 0.25) is 0 Å². The van der Waals surface area contributed by atoms with Crippen molar-refractivity contribution in [1.82, 2.24) is 0 Å². The van der Waals surface area contributed by atoms with Crippen LogP contribution in [0.2, 0.25) is 0 Å². The van der Waals surface area contributed by atoms with E-state index in [1.54, 1.807) is 18.2 Å². The minimum atomic E-state index is -1.14. The lowest BCUT2D eigenvalue weighted by molar-refractivity contribution is -0.304. The molecular formula is C15H20BO5-. The Morgan fingerprint density at radius 3 is 2.29 bits per heavy atom. The third-order valence-electron chi connectivity index (χ3n) is 4.17. The molecular weight excluding hydrogens is 271 g/mol. The molecule has 0 N–H and O–H groups in total. The van der Waals surface area contributed by atoms with Crippen molar-refractivity contribution in [1.29, 1.82) is 0 Å². The summed E-state index contributed by atoms with van der Waals surface area (Å²) in [5.41, 5.74) is 0.522. The molecule has 6 heteroatoms. The molecule has 1 aliphatic heterocycles. The first-order chi connectivity index (χ1) is 9.66. The van der Waals surface area contributed by atoms with E-state index in [4.69, 9.17) is 14.0 Å². The highest BCUT2D eigenvalue weighted by molar-refractivity contribution is 6.62. The second-order valence-electron chi connectivity index (χ2n) is 6.21. The van der Waals surface area contributed by atoms with Crippen LogP contribution in [0.1, 0.15) is 33.3 Å². The highest BCUT2D eigenvalue weighted by atomic mass is 16.7. The summed E-state index contributed by atoms with van der Waals surface area (Å²) in [6.07, 6.45) is -0.188. The van der Waals surface area contributed by atoms with Crippen LogP contribution in [0.15, 0.2) is 18.2 Å². The summed E-state index contributed by atoms with van der Waals surface area (Å²) in [6, 6.07) is 5.25. The summed E-state index contributed by atoms with van der Waals surface area (Å²) < 4.78 is 17.2. The monoisotopic (exact) mass is 291 g/mol. The number of carbonyl (C=O) groups is 1. The molecule has 0 bridgehead atoms. The Bertz CT molecular complexity index is 537. The molecule has 0 amide bonds. The van der Waals surface area contributed by atoms with Crippen LogP contribution < -0.4 is 15.3 Å². The van der Waals surface area contributed by atoms with Gasteiger partial charge in [0.25, 0.3) is 0 Å². The van der Waals surface area contributed by atoms with Gasteiger partial charge in [-0.2, -0.15) is 0 Å². The van der Waals surface area contributed by atoms with E-state index in [1.807, 2.05) is 27.7 Å². The standard InChI is InChI=1S/C15H21BO5/c1-14(2)15(3,4)21-16(20-14)11-7-6-10(8-13(17)18)12(9-11)19-5/h6-7,9H,8H2,1-5H3,(H,17,18)/p-1. The fourth-order valence-electron chi connectivity index (χ4n) is 2.19. The molecule has 5 nitrogen and oxygen atoms in total. The summed E-state index contributed by atoms with van der Waals surface area (Å²) in [7, 11) is 1.00. The molecule has 1 aromatic carbocycles. The molecule has 1 aromatic rings. The molecule has 0 saturated carbocycles. The van der Waals surface area contributed by atoms with Gasteiger partial charge in [0, 0.05) is 12.4 Å². The zero-order valence-corrected chi connectivity index (χ0v) is 13.1. The van der Waals surface area contributed by atoms with E-state index in [-0.39, 0.29) is 6.42 Å². The number of rotatable bonds is 4. The van der Waals surface area contributed by atoms with E-state index in [1.165, 1.54) is 7.11 Å². The van der Waals surface area contributed by atoms with E-state index in [0.717, 1.165) is 5.46 Å². The smallest absolute Gasteiger partial charge is 0.494 e. The predicted octanol–water partition coefficient (Wildman–Crippen LogP) is 0.287. The maximum Gasteiger partial charge on any atom is 0.494 e. The third-order valence-corrected chi connectivity index (χ3v) is 4.17. The van der Waals surface area contributed by atoms with E-state index in [2.05, 4.69) is 0 Å². The van der Waals surface area contributed by atoms with Gasteiger partial charge in [0.05, 0.1) is 18.3 Å². The first-order valence-corrected chi connectivity index (χ1v) is 6.88. The van der Waals surface area contributed by atoms with Gasteiger partial charge in [-0.1, -0.05) is 12.1 Å². The van der Waals surface area contributed by atoms with E-state index in [0.29, 0.717) is 11.3 Å². The number of methoxy groups -OCH3 is 1. The number of carboxylic acid groups (broad SMARTS) is 1. The minimum absolute atomic E-state index is 0.188. The minimum Gasteiger partial charge on any atom is -0.550 e. The largest absolute Gasteiger partial charge is 0.550 e. The van der Waals surface area contributed by atoms with Crippen LogP contribution in [0.25, 0.3) is 0 Å². The van der Waals surface area contributed by atoms with Gasteiger partial charge in [-0.15, -0.1) is 0 Å². The molecule has 0 unspecified atom stereocenters. The van der Waals surface area contributed by atoms with E-state index >= 15 is 0 Å². The van der Waals surface area contributed by atoms with Gasteiger partial charge in [0.15, 0.2) is 0 Å². The lowest BCUT2D eigenvalue weighted by Gasteiger charge is -2.32. The zero-order valence-electron chi connectivity index (χ0n) is 13.1. The number of aliphatic carboxylic acids is 1. The van der Waals surface area contributed by atoms with Crippen LogP contribution in [-0.2, 0) is 20.5 Å². The number of carbonyl (C=O) groups excluding carboxylic acids is 1. The van der Waals surface area contributed by atoms with Crippen LogP contribution in [0.4, 0.5) is 0 Å². The summed E-state index contributed by atoms with van der Waals surface area (Å²) in [6.45, 7) is 7.92. The molecule has 21 heavy (non-hydrogen) atoms. The van der Waals surface area contributed by atoms with Crippen LogP contribution in [-0.4, -0.2) is 31.4 Å². The van der Waals surface area contributed by atoms with Gasteiger partial charge >= 0.3 is 7.12 Å². The van der Waals surface area contributed by atoms with Crippen molar-refractivity contribution >= 4 is 18.6 Å². The van der Waals surface area contributed by atoms with Crippen molar-refractivity contribution in [3.63, 3.8) is 0 Å². The van der Waals surface area contributed by atoms with Crippen molar-refractivity contribution in [2.45, 2.75) is 45.3 Å². The number of ether oxygens (including phenoxy) is 1. The quantitative estimate of drug-likeness (QED) is 0.746. The molecule has 1 saturated heterocycles. The SMILES string of the molecule is COc1cc(B2OC(C)(C)C(C)(C)O2)ccc1CC(=O)[O-]. The highest BCUT2D eigenvalue weighted by Crippen LogP contribution is 2.36. The predicted molar refractivity (Wildman–Crippen MR) is 77.4 cm³/mol. The average Bonchev–Trinajstić information content (AvgIpc) is 2.58. The maximum atomic E-state index is 10.7. The molecule has 2 rings (SSSR count). The van der Waals surface area contributed by atoms with E-state index in [9.17, 15) is 9.90 Å². The number of carboxylic acids is 1. The van der Waals surface area contributed by atoms with Gasteiger partial charge < -0.3 is 23.9 Å². The molecule has 0 aliphatic carbocycles. The van der Waals surface area contributed by atoms with Crippen LogP contribution in [0.5, 0.6) is 5.75 Å². The third kappa shape index (κ3) is 3.06. The number of benzene rings is 1. The normalized spacial score (nSPS) is 19.6. The lowest BCUT2D eigenvalue weighted by atomic mass is 9.78. The van der Waals surface area contributed by atoms with Gasteiger partial charge in [-0.3, -0.25) is 0 Å². The lowest BCUT2D eigenvalue weighted by Crippen LogP contribution is -2.41. The Kier molecular flexibility index (Phi) is 4.04. The average molecular weight is 291 g/mol. The van der Waals surface area contributed by atoms with Crippen molar-refractivity contribution in [2.24, 2.45) is 0 Å². The molecule has 0 radical (unpaired) electrons. The van der Waals surface area contributed by atoms with Crippen LogP contribution in [0.3, 0.4) is 0 Å². The second-order valence-corrected chi connectivity index (χ2v) is 6.21. The Balaban J connectivity index is 2.28. The number of hydrogen-bond donors (Lipinski definition) is 0. The first-order valence-electron chi connectivity index (χ1n) is 6.88. The summed E-state index contributed by atoms with van der Waals surface area (Å²) in [5.74, 6) is -0.650. The van der Waals surface area contributed by atoms with Gasteiger partial charge in [-0.05, 0) is 44.8 Å². The van der Waals surface area contributed by atoms with Crippen molar-refractivity contribution in [2.75, 3.05) is 7.11 Å². The first kappa shape index (κ1) is 15.9. The summed E-state index contributed by atoms with van der Waals surface area (Å²) in [5, 5.41) is 10.7. The summed E-state index contributed by atoms with van der Waals surface area (Å²) >= 11 is 0. The molecule has 0 spiro atoms. The van der Waals surface area contributed by atoms with Crippen molar-refractivity contribution < 1.29 is 23.9 Å². The zero-order chi connectivity index (χ0) is 15.8. The second kappa shape index (κ2) is 5.35. The maximum absolute atomic E-state index is 10.7. The number of hydrogen-bond acceptors (Lipinski definition) is 5. The molecule has 0 aromatic heterocycles. The molecule has 1 aliphatic rings. The van der Waals surface area contributed by atoms with Gasteiger partial charge in [-0.25, -0.2) is 0 Å². The molecule has 1 fully saturated rings. The van der Waals surface area contributed by atoms with Crippen LogP contribution in [0, 0.1) is 0 Å². The molecule has 0 atom stereocenters. The highest BCUT2D eigenvalue weighted by Gasteiger charge is 2.51. The topological polar surface area (TPSA) is 67.8 Å². The Morgan fingerprint density at radius 1 is 1.24 bits per heavy atom. The molecule has 114 valence electrons. The Hall–Kier alpha value is -1.53. The summed E-state index contributed by atoms with van der Waals surface area (Å²) in [4.78, 5) is 10.7.